The number of benzene rings is 2. The molecule has 1 aromatic heterocycles. The van der Waals surface area contributed by atoms with Crippen LogP contribution in [0.15, 0.2) is 52.5 Å². The van der Waals surface area contributed by atoms with Gasteiger partial charge in [-0.2, -0.15) is 0 Å². The van der Waals surface area contributed by atoms with Crippen LogP contribution in [0.25, 0.3) is 10.8 Å². The summed E-state index contributed by atoms with van der Waals surface area (Å²) in [5.41, 5.74) is 0. The molecule has 4 rings (SSSR count). The first-order chi connectivity index (χ1) is 15.7. The number of hydrogen-bond acceptors (Lipinski definition) is 5. The summed E-state index contributed by atoms with van der Waals surface area (Å²) in [7, 11) is 0.265. The zero-order valence-corrected chi connectivity index (χ0v) is 21.2. The van der Waals surface area contributed by atoms with E-state index < -0.39 is 9.84 Å². The molecule has 0 saturated carbocycles. The van der Waals surface area contributed by atoms with Crippen LogP contribution in [0.1, 0.15) is 24.1 Å². The van der Waals surface area contributed by atoms with Crippen LogP contribution in [0.3, 0.4) is 0 Å². The van der Waals surface area contributed by atoms with Crippen LogP contribution in [0.5, 0.6) is 0 Å². The minimum absolute atomic E-state index is 0.00772. The van der Waals surface area contributed by atoms with Crippen molar-refractivity contribution in [2.75, 3.05) is 25.9 Å². The van der Waals surface area contributed by atoms with Crippen molar-refractivity contribution >= 4 is 49.5 Å². The minimum atomic E-state index is -3.54. The molecule has 176 valence electrons. The Bertz CT molecular complexity index is 1340. The van der Waals surface area contributed by atoms with E-state index in [1.165, 1.54) is 4.88 Å². The van der Waals surface area contributed by atoms with E-state index in [9.17, 15) is 13.2 Å². The fourth-order valence-corrected chi connectivity index (χ4v) is 6.84. The maximum Gasteiger partial charge on any atom is 0.223 e. The number of halogens is 1. The Labute approximate surface area is 203 Å². The van der Waals surface area contributed by atoms with Gasteiger partial charge < -0.3 is 9.47 Å². The van der Waals surface area contributed by atoms with Crippen LogP contribution in [-0.2, 0) is 28.1 Å². The summed E-state index contributed by atoms with van der Waals surface area (Å²) in [6.45, 7) is 1.37. The smallest absolute Gasteiger partial charge is 0.223 e. The lowest BCUT2D eigenvalue weighted by Gasteiger charge is -2.32. The average molecular weight is 506 g/mol. The third kappa shape index (κ3) is 5.67. The predicted molar refractivity (Wildman–Crippen MR) is 133 cm³/mol. The second-order valence-electron chi connectivity index (χ2n) is 8.56. The van der Waals surface area contributed by atoms with E-state index in [-0.39, 0.29) is 23.0 Å². The Morgan fingerprint density at radius 3 is 2.55 bits per heavy atom. The van der Waals surface area contributed by atoms with Crippen molar-refractivity contribution in [3.63, 3.8) is 0 Å². The van der Waals surface area contributed by atoms with Crippen LogP contribution in [0, 0.1) is 5.92 Å². The number of piperidine rings is 1. The lowest BCUT2D eigenvalue weighted by atomic mass is 9.93. The number of likely N-dealkylation sites (tertiary alicyclic amines) is 1. The second kappa shape index (κ2) is 9.99. The molecule has 0 unspecified atom stereocenters. The standard InChI is InChI=1S/C24H28ClN3O3S2/c1-26-24-27(2)16-21(32-24)13-17-7-10-28(11-8-17)23(29)9-12-33(30,31)22-6-4-18-14-20(25)5-3-19(18)15-22/h3-6,14-17H,7-13H2,1-2H3/b26-24+. The largest absolute Gasteiger partial charge is 0.343 e. The number of hydrogen-bond donors (Lipinski definition) is 0. The van der Waals surface area contributed by atoms with Crippen molar-refractivity contribution < 1.29 is 13.2 Å². The molecule has 1 aliphatic rings. The van der Waals surface area contributed by atoms with Gasteiger partial charge in [0.25, 0.3) is 0 Å². The van der Waals surface area contributed by atoms with Gasteiger partial charge in [-0.15, -0.1) is 11.3 Å². The van der Waals surface area contributed by atoms with Crippen LogP contribution >= 0.6 is 22.9 Å². The molecule has 1 fully saturated rings. The molecule has 0 atom stereocenters. The van der Waals surface area contributed by atoms with E-state index in [0.717, 1.165) is 34.8 Å². The lowest BCUT2D eigenvalue weighted by Crippen LogP contribution is -2.39. The number of nitrogens with zero attached hydrogens (tertiary/aromatic N) is 3. The highest BCUT2D eigenvalue weighted by atomic mass is 35.5. The first kappa shape index (κ1) is 24.0. The van der Waals surface area contributed by atoms with Gasteiger partial charge in [-0.1, -0.05) is 23.7 Å². The van der Waals surface area contributed by atoms with Gasteiger partial charge in [0.05, 0.1) is 10.6 Å². The van der Waals surface area contributed by atoms with Gasteiger partial charge in [0.15, 0.2) is 14.6 Å². The van der Waals surface area contributed by atoms with Gasteiger partial charge >= 0.3 is 0 Å². The molecule has 0 aliphatic carbocycles. The molecule has 0 spiro atoms. The highest BCUT2D eigenvalue weighted by Crippen LogP contribution is 2.25. The molecule has 9 heteroatoms. The molecule has 2 heterocycles. The van der Waals surface area contributed by atoms with Gasteiger partial charge in [-0.3, -0.25) is 9.79 Å². The monoisotopic (exact) mass is 505 g/mol. The zero-order chi connectivity index (χ0) is 23.6. The van der Waals surface area contributed by atoms with E-state index in [2.05, 4.69) is 11.2 Å². The van der Waals surface area contributed by atoms with E-state index >= 15 is 0 Å². The summed E-state index contributed by atoms with van der Waals surface area (Å²) in [5, 5.41) is 2.31. The molecule has 0 bridgehead atoms. The van der Waals surface area contributed by atoms with Crippen molar-refractivity contribution in [2.45, 2.75) is 30.6 Å². The number of thiazole rings is 1. The number of fused-ring (bicyclic) bond motifs is 1. The molecule has 1 amide bonds. The van der Waals surface area contributed by atoms with Crippen LogP contribution in [-0.4, -0.2) is 49.7 Å². The van der Waals surface area contributed by atoms with Gasteiger partial charge in [0, 0.05) is 49.7 Å². The SMILES string of the molecule is C/N=c1/sc(CC2CCN(C(=O)CCS(=O)(=O)c3ccc4cc(Cl)ccc4c3)CC2)cn1C. The van der Waals surface area contributed by atoms with Crippen molar-refractivity contribution in [3.05, 3.63) is 57.3 Å². The highest BCUT2D eigenvalue weighted by Gasteiger charge is 2.25. The number of carbonyl (C=O) groups excluding carboxylic acids is 1. The van der Waals surface area contributed by atoms with Gasteiger partial charge in [-0.05, 0) is 60.2 Å². The lowest BCUT2D eigenvalue weighted by molar-refractivity contribution is -0.132. The van der Waals surface area contributed by atoms with Gasteiger partial charge in [0.2, 0.25) is 5.91 Å². The molecule has 1 saturated heterocycles. The Balaban J connectivity index is 1.31. The molecular weight excluding hydrogens is 478 g/mol. The summed E-state index contributed by atoms with van der Waals surface area (Å²) < 4.78 is 27.7. The molecule has 6 nitrogen and oxygen atoms in total. The first-order valence-corrected chi connectivity index (χ1v) is 13.9. The number of amides is 1. The van der Waals surface area contributed by atoms with E-state index in [0.29, 0.717) is 24.0 Å². The summed E-state index contributed by atoms with van der Waals surface area (Å²) >= 11 is 7.72. The quantitative estimate of drug-likeness (QED) is 0.507. The van der Waals surface area contributed by atoms with Crippen molar-refractivity contribution in [2.24, 2.45) is 18.0 Å². The maximum absolute atomic E-state index is 12.8. The van der Waals surface area contributed by atoms with E-state index in [1.807, 2.05) is 16.5 Å². The summed E-state index contributed by atoms with van der Waals surface area (Å²) in [6, 6.07) is 10.3. The van der Waals surface area contributed by atoms with Gasteiger partial charge in [0.1, 0.15) is 0 Å². The van der Waals surface area contributed by atoms with E-state index in [1.54, 1.807) is 54.8 Å². The van der Waals surface area contributed by atoms with Crippen molar-refractivity contribution in [1.82, 2.24) is 9.47 Å². The topological polar surface area (TPSA) is 71.7 Å². The number of rotatable bonds is 6. The first-order valence-electron chi connectivity index (χ1n) is 11.0. The predicted octanol–water partition coefficient (Wildman–Crippen LogP) is 4.07. The third-order valence-corrected chi connectivity index (χ3v) is 9.36. The molecule has 3 aromatic rings. The second-order valence-corrected chi connectivity index (χ2v) is 12.2. The number of aryl methyl sites for hydroxylation is 1. The summed E-state index contributed by atoms with van der Waals surface area (Å²) in [6.07, 6.45) is 5.01. The normalized spacial score (nSPS) is 16.0. The molecule has 0 radical (unpaired) electrons. The van der Waals surface area contributed by atoms with Gasteiger partial charge in [-0.25, -0.2) is 8.42 Å². The van der Waals surface area contributed by atoms with Crippen molar-refractivity contribution in [3.8, 4) is 0 Å². The Morgan fingerprint density at radius 2 is 1.85 bits per heavy atom. The molecule has 1 aliphatic heterocycles. The van der Waals surface area contributed by atoms with E-state index in [4.69, 9.17) is 11.6 Å². The molecule has 33 heavy (non-hydrogen) atoms. The molecule has 2 aromatic carbocycles. The molecule has 0 N–H and O–H groups in total. The Kier molecular flexibility index (Phi) is 7.26. The Morgan fingerprint density at radius 1 is 1.15 bits per heavy atom. The van der Waals surface area contributed by atoms with Crippen LogP contribution < -0.4 is 4.80 Å². The number of carbonyl (C=O) groups is 1. The van der Waals surface area contributed by atoms with Crippen LogP contribution in [0.2, 0.25) is 5.02 Å². The fraction of sp³-hybridized carbons (Fsp3) is 0.417. The summed E-state index contributed by atoms with van der Waals surface area (Å²) in [5.74, 6) is 0.270. The highest BCUT2D eigenvalue weighted by molar-refractivity contribution is 7.91. The fourth-order valence-electron chi connectivity index (χ4n) is 4.34. The average Bonchev–Trinajstić information content (AvgIpc) is 3.16. The summed E-state index contributed by atoms with van der Waals surface area (Å²) in [4.78, 5) is 21.4. The zero-order valence-electron chi connectivity index (χ0n) is 18.8. The maximum atomic E-state index is 12.8. The minimum Gasteiger partial charge on any atom is -0.343 e. The number of aromatic nitrogens is 1. The Hall–Kier alpha value is -2.16. The van der Waals surface area contributed by atoms with Crippen molar-refractivity contribution in [1.29, 1.82) is 0 Å². The van der Waals surface area contributed by atoms with Crippen LogP contribution in [0.4, 0.5) is 0 Å². The molecular formula is C24H28ClN3O3S2. The number of sulfone groups is 1. The third-order valence-electron chi connectivity index (χ3n) is 6.23.